The number of rotatable bonds is 9. The molecule has 1 amide bonds. The maximum absolute atomic E-state index is 12.3. The summed E-state index contributed by atoms with van der Waals surface area (Å²) >= 11 is 1.45. The summed E-state index contributed by atoms with van der Waals surface area (Å²) in [6, 6.07) is 17.7. The average molecular weight is 408 g/mol. The lowest BCUT2D eigenvalue weighted by atomic mass is 9.99. The van der Waals surface area contributed by atoms with Gasteiger partial charge in [0, 0.05) is 30.6 Å². The first-order chi connectivity index (χ1) is 13.9. The molecule has 3 rings (SSSR count). The molecule has 0 saturated heterocycles. The van der Waals surface area contributed by atoms with Crippen LogP contribution in [0.15, 0.2) is 54.6 Å². The molecule has 1 atom stereocenters. The van der Waals surface area contributed by atoms with E-state index in [0.29, 0.717) is 4.88 Å². The SMILES string of the molecule is Cc1ccc(C(=O)CCC(=O)CCC(=O)NC(C)c2cccc3ccccc23)s1. The summed E-state index contributed by atoms with van der Waals surface area (Å²) in [5, 5.41) is 5.22. The highest BCUT2D eigenvalue weighted by molar-refractivity contribution is 7.14. The number of nitrogens with one attached hydrogen (secondary N) is 1. The second-order valence-corrected chi connectivity index (χ2v) is 8.52. The van der Waals surface area contributed by atoms with Gasteiger partial charge in [-0.05, 0) is 42.3 Å². The smallest absolute Gasteiger partial charge is 0.220 e. The zero-order valence-corrected chi connectivity index (χ0v) is 17.6. The van der Waals surface area contributed by atoms with Crippen molar-refractivity contribution in [2.45, 2.75) is 45.6 Å². The Kier molecular flexibility index (Phi) is 6.94. The van der Waals surface area contributed by atoms with E-state index < -0.39 is 0 Å². The van der Waals surface area contributed by atoms with E-state index in [2.05, 4.69) is 5.32 Å². The molecule has 1 N–H and O–H groups in total. The highest BCUT2D eigenvalue weighted by Crippen LogP contribution is 2.24. The maximum Gasteiger partial charge on any atom is 0.220 e. The van der Waals surface area contributed by atoms with Crippen molar-refractivity contribution in [3.63, 3.8) is 0 Å². The van der Waals surface area contributed by atoms with E-state index in [1.54, 1.807) is 6.07 Å². The van der Waals surface area contributed by atoms with Crippen molar-refractivity contribution in [1.82, 2.24) is 5.32 Å². The molecule has 150 valence electrons. The number of ketones is 2. The molecule has 0 radical (unpaired) electrons. The molecule has 0 spiro atoms. The fraction of sp³-hybridized carbons (Fsp3) is 0.292. The molecule has 0 aliphatic heterocycles. The third-order valence-corrected chi connectivity index (χ3v) is 5.99. The lowest BCUT2D eigenvalue weighted by molar-refractivity contribution is -0.125. The van der Waals surface area contributed by atoms with E-state index in [1.165, 1.54) is 11.3 Å². The van der Waals surface area contributed by atoms with Crippen LogP contribution in [-0.2, 0) is 9.59 Å². The van der Waals surface area contributed by atoms with Crippen molar-refractivity contribution < 1.29 is 14.4 Å². The predicted molar refractivity (Wildman–Crippen MR) is 117 cm³/mol. The fourth-order valence-corrected chi connectivity index (χ4v) is 4.19. The van der Waals surface area contributed by atoms with E-state index in [4.69, 9.17) is 0 Å². The first-order valence-electron chi connectivity index (χ1n) is 9.82. The van der Waals surface area contributed by atoms with Gasteiger partial charge >= 0.3 is 0 Å². The van der Waals surface area contributed by atoms with Crippen LogP contribution >= 0.6 is 11.3 Å². The third-order valence-electron chi connectivity index (χ3n) is 4.94. The van der Waals surface area contributed by atoms with Crippen LogP contribution in [0.25, 0.3) is 10.8 Å². The molecule has 1 heterocycles. The Hall–Kier alpha value is -2.79. The van der Waals surface area contributed by atoms with Gasteiger partial charge in [0.1, 0.15) is 5.78 Å². The Morgan fingerprint density at radius 2 is 1.62 bits per heavy atom. The quantitative estimate of drug-likeness (QED) is 0.483. The summed E-state index contributed by atoms with van der Waals surface area (Å²) in [4.78, 5) is 38.3. The monoisotopic (exact) mass is 407 g/mol. The maximum atomic E-state index is 12.3. The highest BCUT2D eigenvalue weighted by Gasteiger charge is 2.15. The normalized spacial score (nSPS) is 11.9. The molecular weight excluding hydrogens is 382 g/mol. The number of carbonyl (C=O) groups is 3. The molecular formula is C24H25NO3S. The zero-order valence-electron chi connectivity index (χ0n) is 16.7. The molecule has 2 aromatic carbocycles. The lowest BCUT2D eigenvalue weighted by Crippen LogP contribution is -2.27. The number of fused-ring (bicyclic) bond motifs is 1. The molecule has 3 aromatic rings. The first-order valence-corrected chi connectivity index (χ1v) is 10.6. The zero-order chi connectivity index (χ0) is 20.8. The number of hydrogen-bond donors (Lipinski definition) is 1. The second kappa shape index (κ2) is 9.61. The predicted octanol–water partition coefficient (Wildman–Crippen LogP) is 5.40. The fourth-order valence-electron chi connectivity index (χ4n) is 3.36. The molecule has 1 unspecified atom stereocenters. The van der Waals surface area contributed by atoms with Crippen LogP contribution in [0, 0.1) is 6.92 Å². The van der Waals surface area contributed by atoms with E-state index in [0.717, 1.165) is 21.2 Å². The van der Waals surface area contributed by atoms with Crippen LogP contribution in [-0.4, -0.2) is 17.5 Å². The van der Waals surface area contributed by atoms with Gasteiger partial charge in [-0.25, -0.2) is 0 Å². The molecule has 5 heteroatoms. The summed E-state index contributed by atoms with van der Waals surface area (Å²) in [7, 11) is 0. The van der Waals surface area contributed by atoms with Gasteiger partial charge < -0.3 is 5.32 Å². The van der Waals surface area contributed by atoms with Gasteiger partial charge in [-0.3, -0.25) is 14.4 Å². The summed E-state index contributed by atoms with van der Waals surface area (Å²) in [5.74, 6) is -0.218. The number of amides is 1. The molecule has 0 aliphatic rings. The second-order valence-electron chi connectivity index (χ2n) is 7.23. The lowest BCUT2D eigenvalue weighted by Gasteiger charge is -2.16. The van der Waals surface area contributed by atoms with Crippen LogP contribution in [0.3, 0.4) is 0 Å². The summed E-state index contributed by atoms with van der Waals surface area (Å²) < 4.78 is 0. The number of carbonyl (C=O) groups excluding carboxylic acids is 3. The van der Waals surface area contributed by atoms with Gasteiger partial charge in [0.15, 0.2) is 5.78 Å². The van der Waals surface area contributed by atoms with E-state index in [9.17, 15) is 14.4 Å². The van der Waals surface area contributed by atoms with Gasteiger partial charge in [-0.1, -0.05) is 42.5 Å². The molecule has 4 nitrogen and oxygen atoms in total. The van der Waals surface area contributed by atoms with Gasteiger partial charge in [0.2, 0.25) is 5.91 Å². The third kappa shape index (κ3) is 5.61. The molecule has 0 fully saturated rings. The summed E-state index contributed by atoms with van der Waals surface area (Å²) in [5.41, 5.74) is 1.06. The largest absolute Gasteiger partial charge is 0.350 e. The summed E-state index contributed by atoms with van der Waals surface area (Å²) in [6.45, 7) is 3.90. The van der Waals surface area contributed by atoms with Crippen molar-refractivity contribution in [3.8, 4) is 0 Å². The van der Waals surface area contributed by atoms with Gasteiger partial charge in [0.05, 0.1) is 10.9 Å². The van der Waals surface area contributed by atoms with Crippen LogP contribution in [0.5, 0.6) is 0 Å². The number of benzene rings is 2. The number of aryl methyl sites for hydroxylation is 1. The minimum absolute atomic E-state index is 0.00882. The Bertz CT molecular complexity index is 1030. The number of thiophene rings is 1. The van der Waals surface area contributed by atoms with Gasteiger partial charge in [-0.2, -0.15) is 0 Å². The molecule has 29 heavy (non-hydrogen) atoms. The molecule has 1 aromatic heterocycles. The molecule has 0 saturated carbocycles. The first kappa shape index (κ1) is 20.9. The van der Waals surface area contributed by atoms with Crippen LogP contribution < -0.4 is 5.32 Å². The molecule has 0 bridgehead atoms. The minimum atomic E-state index is -0.154. The van der Waals surface area contributed by atoms with E-state index in [-0.39, 0.29) is 49.2 Å². The van der Waals surface area contributed by atoms with Crippen LogP contribution in [0.1, 0.15) is 58.8 Å². The van der Waals surface area contributed by atoms with Crippen molar-refractivity contribution in [2.24, 2.45) is 0 Å². The number of hydrogen-bond acceptors (Lipinski definition) is 4. The van der Waals surface area contributed by atoms with Gasteiger partial charge in [0.25, 0.3) is 0 Å². The van der Waals surface area contributed by atoms with Crippen molar-refractivity contribution in [3.05, 3.63) is 69.9 Å². The highest BCUT2D eigenvalue weighted by atomic mass is 32.1. The Morgan fingerprint density at radius 1 is 0.897 bits per heavy atom. The van der Waals surface area contributed by atoms with Crippen LogP contribution in [0.4, 0.5) is 0 Å². The Morgan fingerprint density at radius 3 is 2.38 bits per heavy atom. The average Bonchev–Trinajstić information content (AvgIpc) is 3.16. The van der Waals surface area contributed by atoms with Gasteiger partial charge in [-0.15, -0.1) is 11.3 Å². The van der Waals surface area contributed by atoms with E-state index in [1.807, 2.05) is 62.4 Å². The van der Waals surface area contributed by atoms with Crippen molar-refractivity contribution in [2.75, 3.05) is 0 Å². The van der Waals surface area contributed by atoms with Crippen molar-refractivity contribution in [1.29, 1.82) is 0 Å². The molecule has 0 aliphatic carbocycles. The Balaban J connectivity index is 1.46. The van der Waals surface area contributed by atoms with Crippen LogP contribution in [0.2, 0.25) is 0 Å². The minimum Gasteiger partial charge on any atom is -0.350 e. The van der Waals surface area contributed by atoms with E-state index >= 15 is 0 Å². The van der Waals surface area contributed by atoms with Crippen molar-refractivity contribution >= 4 is 39.6 Å². The standard InChI is InChI=1S/C24H25NO3S/c1-16-10-14-23(29-16)22(27)13-11-19(26)12-15-24(28)25-17(2)20-9-5-7-18-6-3-4-8-21(18)20/h3-10,14,17H,11-13,15H2,1-2H3,(H,25,28). The topological polar surface area (TPSA) is 63.2 Å². The summed E-state index contributed by atoms with van der Waals surface area (Å²) in [6.07, 6.45) is 0.680. The Labute approximate surface area is 174 Å². The number of Topliss-reactive ketones (excluding diaryl/α,β-unsaturated/α-hetero) is 2.